The molecule has 0 radical (unpaired) electrons. The maximum Gasteiger partial charge on any atom is 0.115 e. The van der Waals surface area contributed by atoms with E-state index in [1.807, 2.05) is 43.4 Å². The number of nitrogens with one attached hydrogen (secondary N) is 1. The van der Waals surface area contributed by atoms with Crippen molar-refractivity contribution in [3.05, 3.63) is 64.7 Å². The molecule has 0 spiro atoms. The molecule has 2 rings (SSSR count). The lowest BCUT2D eigenvalue weighted by Crippen LogP contribution is -2.29. The van der Waals surface area contributed by atoms with Gasteiger partial charge in [0, 0.05) is 11.1 Å². The molecule has 0 aliphatic carbocycles. The molecular formula is C16H18ClNO. The zero-order valence-electron chi connectivity index (χ0n) is 10.9. The van der Waals surface area contributed by atoms with Crippen molar-refractivity contribution in [2.75, 3.05) is 7.05 Å². The molecule has 0 aliphatic rings. The number of phenols is 1. The van der Waals surface area contributed by atoms with Crippen molar-refractivity contribution < 1.29 is 5.11 Å². The van der Waals surface area contributed by atoms with Crippen LogP contribution in [0.5, 0.6) is 5.75 Å². The van der Waals surface area contributed by atoms with Crippen LogP contribution in [0.15, 0.2) is 48.5 Å². The van der Waals surface area contributed by atoms with Crippen molar-refractivity contribution >= 4 is 11.6 Å². The summed E-state index contributed by atoms with van der Waals surface area (Å²) in [5, 5.41) is 13.6. The molecule has 2 aromatic carbocycles. The minimum absolute atomic E-state index is 0.315. The number of hydrogen-bond acceptors (Lipinski definition) is 2. The first-order chi connectivity index (χ1) is 9.17. The first kappa shape index (κ1) is 13.9. The highest BCUT2D eigenvalue weighted by Crippen LogP contribution is 2.16. The van der Waals surface area contributed by atoms with E-state index in [2.05, 4.69) is 11.4 Å². The second-order valence-electron chi connectivity index (χ2n) is 4.69. The topological polar surface area (TPSA) is 32.3 Å². The van der Waals surface area contributed by atoms with Gasteiger partial charge < -0.3 is 10.4 Å². The van der Waals surface area contributed by atoms with E-state index in [1.165, 1.54) is 5.56 Å². The number of likely N-dealkylation sites (N-methyl/N-ethyl adjacent to an activating group) is 1. The monoisotopic (exact) mass is 275 g/mol. The van der Waals surface area contributed by atoms with Crippen LogP contribution < -0.4 is 5.32 Å². The van der Waals surface area contributed by atoms with E-state index < -0.39 is 0 Å². The van der Waals surface area contributed by atoms with Gasteiger partial charge in [0.1, 0.15) is 5.75 Å². The van der Waals surface area contributed by atoms with E-state index in [-0.39, 0.29) is 0 Å². The molecule has 2 nitrogen and oxygen atoms in total. The highest BCUT2D eigenvalue weighted by molar-refractivity contribution is 6.30. The second-order valence-corrected chi connectivity index (χ2v) is 5.13. The largest absolute Gasteiger partial charge is 0.508 e. The minimum Gasteiger partial charge on any atom is -0.508 e. The summed E-state index contributed by atoms with van der Waals surface area (Å²) in [5.74, 6) is 0.315. The van der Waals surface area contributed by atoms with Crippen LogP contribution in [0.1, 0.15) is 11.1 Å². The van der Waals surface area contributed by atoms with E-state index >= 15 is 0 Å². The first-order valence-corrected chi connectivity index (χ1v) is 6.75. The Labute approximate surface area is 119 Å². The van der Waals surface area contributed by atoms with Gasteiger partial charge in [0.25, 0.3) is 0 Å². The average Bonchev–Trinajstić information content (AvgIpc) is 2.38. The predicted molar refractivity (Wildman–Crippen MR) is 79.8 cm³/mol. The molecule has 0 saturated heterocycles. The van der Waals surface area contributed by atoms with Crippen LogP contribution in [-0.4, -0.2) is 18.2 Å². The molecule has 100 valence electrons. The molecule has 1 atom stereocenters. The minimum atomic E-state index is 0.315. The van der Waals surface area contributed by atoms with Gasteiger partial charge >= 0.3 is 0 Å². The van der Waals surface area contributed by atoms with E-state index in [1.54, 1.807) is 6.07 Å². The summed E-state index contributed by atoms with van der Waals surface area (Å²) in [6.07, 6.45) is 1.78. The van der Waals surface area contributed by atoms with Gasteiger partial charge in [0.05, 0.1) is 0 Å². The van der Waals surface area contributed by atoms with Gasteiger partial charge in [-0.25, -0.2) is 0 Å². The van der Waals surface area contributed by atoms with Gasteiger partial charge in [0.2, 0.25) is 0 Å². The third-order valence-electron chi connectivity index (χ3n) is 3.17. The Morgan fingerprint density at radius 3 is 2.26 bits per heavy atom. The number of phenolic OH excluding ortho intramolecular Hbond substituents is 1. The number of rotatable bonds is 5. The van der Waals surface area contributed by atoms with Crippen molar-refractivity contribution in [3.63, 3.8) is 0 Å². The Bertz CT molecular complexity index is 494. The SMILES string of the molecule is CNC(Cc1cccc(O)c1)Cc1cccc(Cl)c1. The van der Waals surface area contributed by atoms with Crippen molar-refractivity contribution in [1.29, 1.82) is 0 Å². The van der Waals surface area contributed by atoms with E-state index in [0.717, 1.165) is 23.4 Å². The molecule has 3 heteroatoms. The summed E-state index contributed by atoms with van der Waals surface area (Å²) >= 11 is 6.00. The van der Waals surface area contributed by atoms with E-state index in [0.29, 0.717) is 11.8 Å². The lowest BCUT2D eigenvalue weighted by molar-refractivity contribution is 0.473. The third-order valence-corrected chi connectivity index (χ3v) is 3.41. The third kappa shape index (κ3) is 4.27. The maximum absolute atomic E-state index is 9.49. The maximum atomic E-state index is 9.49. The van der Waals surface area contributed by atoms with Crippen LogP contribution in [-0.2, 0) is 12.8 Å². The molecule has 0 saturated carbocycles. The van der Waals surface area contributed by atoms with Gasteiger partial charge in [0.15, 0.2) is 0 Å². The van der Waals surface area contributed by atoms with Gasteiger partial charge in [-0.15, -0.1) is 0 Å². The van der Waals surface area contributed by atoms with Crippen molar-refractivity contribution in [2.45, 2.75) is 18.9 Å². The molecule has 2 N–H and O–H groups in total. The van der Waals surface area contributed by atoms with E-state index in [9.17, 15) is 5.11 Å². The molecule has 19 heavy (non-hydrogen) atoms. The molecule has 0 fully saturated rings. The van der Waals surface area contributed by atoms with Crippen molar-refractivity contribution in [1.82, 2.24) is 5.32 Å². The van der Waals surface area contributed by atoms with Gasteiger partial charge in [-0.2, -0.15) is 0 Å². The molecular weight excluding hydrogens is 258 g/mol. The lowest BCUT2D eigenvalue weighted by Gasteiger charge is -2.16. The van der Waals surface area contributed by atoms with E-state index in [4.69, 9.17) is 11.6 Å². The Balaban J connectivity index is 2.04. The molecule has 0 aliphatic heterocycles. The normalized spacial score (nSPS) is 12.3. The van der Waals surface area contributed by atoms with Gasteiger partial charge in [-0.3, -0.25) is 0 Å². The molecule has 2 aromatic rings. The highest BCUT2D eigenvalue weighted by atomic mass is 35.5. The van der Waals surface area contributed by atoms with Crippen LogP contribution in [0.4, 0.5) is 0 Å². The van der Waals surface area contributed by atoms with Gasteiger partial charge in [-0.1, -0.05) is 35.9 Å². The Morgan fingerprint density at radius 2 is 1.68 bits per heavy atom. The van der Waals surface area contributed by atoms with Gasteiger partial charge in [-0.05, 0) is 55.3 Å². The summed E-state index contributed by atoms with van der Waals surface area (Å²) in [5.41, 5.74) is 2.34. The smallest absolute Gasteiger partial charge is 0.115 e. The number of benzene rings is 2. The summed E-state index contributed by atoms with van der Waals surface area (Å²) < 4.78 is 0. The summed E-state index contributed by atoms with van der Waals surface area (Å²) in [6, 6.07) is 15.6. The number of aromatic hydroxyl groups is 1. The highest BCUT2D eigenvalue weighted by Gasteiger charge is 2.09. The van der Waals surface area contributed by atoms with Crippen molar-refractivity contribution in [3.8, 4) is 5.75 Å². The number of halogens is 1. The fourth-order valence-electron chi connectivity index (χ4n) is 2.19. The second kappa shape index (κ2) is 6.60. The van der Waals surface area contributed by atoms with Crippen LogP contribution in [0, 0.1) is 0 Å². The molecule has 0 bridgehead atoms. The lowest BCUT2D eigenvalue weighted by atomic mass is 9.99. The molecule has 0 amide bonds. The van der Waals surface area contributed by atoms with Crippen LogP contribution in [0.3, 0.4) is 0 Å². The van der Waals surface area contributed by atoms with Crippen molar-refractivity contribution in [2.24, 2.45) is 0 Å². The molecule has 0 aromatic heterocycles. The molecule has 1 unspecified atom stereocenters. The Hall–Kier alpha value is -1.51. The van der Waals surface area contributed by atoms with Crippen LogP contribution in [0.25, 0.3) is 0 Å². The zero-order valence-corrected chi connectivity index (χ0v) is 11.7. The fourth-order valence-corrected chi connectivity index (χ4v) is 2.41. The van der Waals surface area contributed by atoms with Crippen LogP contribution >= 0.6 is 11.6 Å². The molecule has 0 heterocycles. The summed E-state index contributed by atoms with van der Waals surface area (Å²) in [6.45, 7) is 0. The predicted octanol–water partition coefficient (Wildman–Crippen LogP) is 3.42. The summed E-state index contributed by atoms with van der Waals surface area (Å²) in [7, 11) is 1.96. The average molecular weight is 276 g/mol. The Kier molecular flexibility index (Phi) is 4.83. The fraction of sp³-hybridized carbons (Fsp3) is 0.250. The summed E-state index contributed by atoms with van der Waals surface area (Å²) in [4.78, 5) is 0. The van der Waals surface area contributed by atoms with Crippen LogP contribution in [0.2, 0.25) is 5.02 Å². The first-order valence-electron chi connectivity index (χ1n) is 6.37. The quantitative estimate of drug-likeness (QED) is 0.876. The zero-order chi connectivity index (χ0) is 13.7. The standard InChI is InChI=1S/C16H18ClNO/c1-18-15(9-12-4-2-6-14(17)8-12)10-13-5-3-7-16(19)11-13/h2-8,11,15,18-19H,9-10H2,1H3. The number of hydrogen-bond donors (Lipinski definition) is 2. The Morgan fingerprint density at radius 1 is 1.05 bits per heavy atom.